The van der Waals surface area contributed by atoms with Gasteiger partial charge in [-0.25, -0.2) is 0 Å². The van der Waals surface area contributed by atoms with Gasteiger partial charge >= 0.3 is 0 Å². The summed E-state index contributed by atoms with van der Waals surface area (Å²) >= 11 is 5.21. The minimum absolute atomic E-state index is 0.125. The van der Waals surface area contributed by atoms with Crippen LogP contribution in [-0.2, 0) is 6.54 Å². The van der Waals surface area contributed by atoms with Crippen molar-refractivity contribution in [1.29, 1.82) is 0 Å². The Kier molecular flexibility index (Phi) is 4.17. The molecule has 0 aliphatic rings. The van der Waals surface area contributed by atoms with Crippen LogP contribution in [0.25, 0.3) is 10.9 Å². The molecule has 0 atom stereocenters. The number of halogens is 1. The summed E-state index contributed by atoms with van der Waals surface area (Å²) in [4.78, 5) is 13.6. The van der Waals surface area contributed by atoms with E-state index in [1.54, 1.807) is 11.8 Å². The second-order valence-electron chi connectivity index (χ2n) is 4.77. The Morgan fingerprint density at radius 3 is 2.62 bits per heavy atom. The number of carbonyl (C=O) groups is 1. The number of hydrogen-bond donors (Lipinski definition) is 0. The van der Waals surface area contributed by atoms with E-state index in [-0.39, 0.29) is 5.78 Å². The lowest BCUT2D eigenvalue weighted by molar-refractivity contribution is 0.0973. The molecule has 2 aromatic carbocycles. The normalized spacial score (nSPS) is 11.0. The molecule has 21 heavy (non-hydrogen) atoms. The highest BCUT2D eigenvalue weighted by molar-refractivity contribution is 9.10. The number of hydrogen-bond acceptors (Lipinski definition) is 2. The molecule has 0 unspecified atom stereocenters. The van der Waals surface area contributed by atoms with Crippen molar-refractivity contribution in [2.75, 3.05) is 6.26 Å². The molecule has 3 rings (SSSR count). The number of fused-ring (bicyclic) bond motifs is 1. The predicted molar refractivity (Wildman–Crippen MR) is 92.2 cm³/mol. The zero-order valence-corrected chi connectivity index (χ0v) is 13.9. The number of ketones is 1. The first kappa shape index (κ1) is 14.4. The largest absolute Gasteiger partial charge is 0.340 e. The lowest BCUT2D eigenvalue weighted by atomic mass is 10.1. The minimum atomic E-state index is 0.125. The zero-order valence-electron chi connectivity index (χ0n) is 11.5. The van der Waals surface area contributed by atoms with Crippen LogP contribution in [0.2, 0.25) is 0 Å². The molecule has 0 bridgehead atoms. The average molecular weight is 360 g/mol. The van der Waals surface area contributed by atoms with Crippen molar-refractivity contribution in [2.45, 2.75) is 11.4 Å². The SMILES string of the molecule is CSc1ccc(C(=O)Cn2ccc3c(Br)cccc32)cc1. The molecule has 0 amide bonds. The van der Waals surface area contributed by atoms with Crippen molar-refractivity contribution < 1.29 is 4.79 Å². The fraction of sp³-hybridized carbons (Fsp3) is 0.118. The summed E-state index contributed by atoms with van der Waals surface area (Å²) in [6, 6.07) is 15.8. The second-order valence-corrected chi connectivity index (χ2v) is 6.50. The van der Waals surface area contributed by atoms with E-state index in [4.69, 9.17) is 0 Å². The molecule has 0 aliphatic carbocycles. The maximum Gasteiger partial charge on any atom is 0.182 e. The summed E-state index contributed by atoms with van der Waals surface area (Å²) in [6.45, 7) is 0.360. The van der Waals surface area contributed by atoms with E-state index in [2.05, 4.69) is 15.9 Å². The smallest absolute Gasteiger partial charge is 0.182 e. The first-order chi connectivity index (χ1) is 10.2. The molecule has 0 radical (unpaired) electrons. The molecule has 1 aromatic heterocycles. The average Bonchev–Trinajstić information content (AvgIpc) is 2.92. The van der Waals surface area contributed by atoms with Gasteiger partial charge in [0.25, 0.3) is 0 Å². The molecule has 106 valence electrons. The van der Waals surface area contributed by atoms with E-state index in [9.17, 15) is 4.79 Å². The summed E-state index contributed by atoms with van der Waals surface area (Å²) in [6.07, 6.45) is 3.99. The topological polar surface area (TPSA) is 22.0 Å². The third kappa shape index (κ3) is 2.92. The third-order valence-corrected chi connectivity index (χ3v) is 4.92. The fourth-order valence-corrected chi connectivity index (χ4v) is 3.24. The molecule has 0 saturated heterocycles. The van der Waals surface area contributed by atoms with Crippen molar-refractivity contribution >= 4 is 44.4 Å². The van der Waals surface area contributed by atoms with Crippen LogP contribution in [0.15, 0.2) is 64.1 Å². The maximum atomic E-state index is 12.4. The maximum absolute atomic E-state index is 12.4. The molecule has 0 spiro atoms. The van der Waals surface area contributed by atoms with Gasteiger partial charge in [-0.1, -0.05) is 34.1 Å². The Morgan fingerprint density at radius 2 is 1.90 bits per heavy atom. The molecule has 0 aliphatic heterocycles. The summed E-state index contributed by atoms with van der Waals surface area (Å²) in [5.41, 5.74) is 1.82. The number of carbonyl (C=O) groups excluding carboxylic acids is 1. The van der Waals surface area contributed by atoms with Crippen LogP contribution in [0, 0.1) is 0 Å². The highest BCUT2D eigenvalue weighted by atomic mass is 79.9. The van der Waals surface area contributed by atoms with Gasteiger partial charge in [0.15, 0.2) is 5.78 Å². The van der Waals surface area contributed by atoms with Gasteiger partial charge in [-0.2, -0.15) is 0 Å². The Labute approximate surface area is 136 Å². The van der Waals surface area contributed by atoms with Gasteiger partial charge < -0.3 is 4.57 Å². The van der Waals surface area contributed by atoms with Crippen molar-refractivity contribution in [3.8, 4) is 0 Å². The molecule has 3 aromatic rings. The van der Waals surface area contributed by atoms with E-state index in [0.717, 1.165) is 20.9 Å². The van der Waals surface area contributed by atoms with E-state index in [1.165, 1.54) is 4.90 Å². The highest BCUT2D eigenvalue weighted by Gasteiger charge is 2.10. The monoisotopic (exact) mass is 359 g/mol. The lowest BCUT2D eigenvalue weighted by Crippen LogP contribution is -2.09. The van der Waals surface area contributed by atoms with Crippen molar-refractivity contribution in [3.05, 3.63) is 64.8 Å². The molecular weight excluding hydrogens is 346 g/mol. The van der Waals surface area contributed by atoms with E-state index in [0.29, 0.717) is 6.54 Å². The van der Waals surface area contributed by atoms with Gasteiger partial charge in [-0.15, -0.1) is 11.8 Å². The van der Waals surface area contributed by atoms with Crippen LogP contribution in [0.1, 0.15) is 10.4 Å². The van der Waals surface area contributed by atoms with Crippen LogP contribution in [0.4, 0.5) is 0 Å². The fourth-order valence-electron chi connectivity index (χ4n) is 2.35. The molecule has 4 heteroatoms. The highest BCUT2D eigenvalue weighted by Crippen LogP contribution is 2.25. The summed E-state index contributed by atoms with van der Waals surface area (Å²) in [7, 11) is 0. The zero-order chi connectivity index (χ0) is 14.8. The van der Waals surface area contributed by atoms with Gasteiger partial charge in [0, 0.05) is 32.0 Å². The van der Waals surface area contributed by atoms with Crippen LogP contribution in [0.5, 0.6) is 0 Å². The van der Waals surface area contributed by atoms with E-state index < -0.39 is 0 Å². The van der Waals surface area contributed by atoms with Crippen LogP contribution in [0.3, 0.4) is 0 Å². The molecule has 0 saturated carbocycles. The van der Waals surface area contributed by atoms with E-state index >= 15 is 0 Å². The van der Waals surface area contributed by atoms with Gasteiger partial charge in [0.1, 0.15) is 0 Å². The first-order valence-corrected chi connectivity index (χ1v) is 8.61. The molecule has 0 fully saturated rings. The minimum Gasteiger partial charge on any atom is -0.340 e. The Morgan fingerprint density at radius 1 is 1.14 bits per heavy atom. The molecule has 1 heterocycles. The van der Waals surface area contributed by atoms with Gasteiger partial charge in [-0.3, -0.25) is 4.79 Å². The number of aromatic nitrogens is 1. The lowest BCUT2D eigenvalue weighted by Gasteiger charge is -2.06. The standard InChI is InChI=1S/C17H14BrNOS/c1-21-13-7-5-12(6-8-13)17(20)11-19-10-9-14-15(18)3-2-4-16(14)19/h2-10H,11H2,1H3. The van der Waals surface area contributed by atoms with Crippen molar-refractivity contribution in [3.63, 3.8) is 0 Å². The summed E-state index contributed by atoms with van der Waals surface area (Å²) in [5, 5.41) is 1.13. The summed E-state index contributed by atoms with van der Waals surface area (Å²) < 4.78 is 3.04. The van der Waals surface area contributed by atoms with Crippen LogP contribution < -0.4 is 0 Å². The van der Waals surface area contributed by atoms with Crippen LogP contribution in [-0.4, -0.2) is 16.6 Å². The van der Waals surface area contributed by atoms with Crippen molar-refractivity contribution in [1.82, 2.24) is 4.57 Å². The third-order valence-electron chi connectivity index (χ3n) is 3.49. The Hall–Kier alpha value is -1.52. The van der Waals surface area contributed by atoms with Gasteiger partial charge in [0.05, 0.1) is 6.54 Å². The van der Waals surface area contributed by atoms with Gasteiger partial charge in [-0.05, 0) is 36.6 Å². The first-order valence-electron chi connectivity index (χ1n) is 6.59. The number of rotatable bonds is 4. The number of nitrogens with zero attached hydrogens (tertiary/aromatic N) is 1. The predicted octanol–water partition coefficient (Wildman–Crippen LogP) is 5.01. The second kappa shape index (κ2) is 6.08. The quantitative estimate of drug-likeness (QED) is 0.482. The molecule has 2 nitrogen and oxygen atoms in total. The number of Topliss-reactive ketones (excluding diaryl/α,β-unsaturated/α-hetero) is 1. The Bertz CT molecular complexity index is 792. The van der Waals surface area contributed by atoms with Gasteiger partial charge in [0.2, 0.25) is 0 Å². The Balaban J connectivity index is 1.87. The van der Waals surface area contributed by atoms with E-state index in [1.807, 2.05) is 65.6 Å². The number of benzene rings is 2. The van der Waals surface area contributed by atoms with Crippen LogP contribution >= 0.6 is 27.7 Å². The van der Waals surface area contributed by atoms with Crippen molar-refractivity contribution in [2.24, 2.45) is 0 Å². The number of thioether (sulfide) groups is 1. The molecular formula is C17H14BrNOS. The molecule has 0 N–H and O–H groups in total. The summed E-state index contributed by atoms with van der Waals surface area (Å²) in [5.74, 6) is 0.125.